The maximum Gasteiger partial charge on any atom is 0.247 e. The lowest BCUT2D eigenvalue weighted by atomic mass is 10.0. The number of nitrogens with two attached hydrogens (primary N) is 2. The molecule has 0 saturated carbocycles. The largest absolute Gasteiger partial charge is 0.370 e. The summed E-state index contributed by atoms with van der Waals surface area (Å²) in [6, 6.07) is 20.0. The van der Waals surface area contributed by atoms with Crippen molar-refractivity contribution in [3.63, 3.8) is 0 Å². The number of nitrogens with one attached hydrogen (secondary N) is 6. The van der Waals surface area contributed by atoms with Gasteiger partial charge in [0.25, 0.3) is 0 Å². The van der Waals surface area contributed by atoms with Gasteiger partial charge in [-0.05, 0) is 42.4 Å². The van der Waals surface area contributed by atoms with Crippen LogP contribution in [0.2, 0.25) is 0 Å². The van der Waals surface area contributed by atoms with Crippen LogP contribution in [0.3, 0.4) is 0 Å². The van der Waals surface area contributed by atoms with Crippen molar-refractivity contribution in [2.24, 2.45) is 16.5 Å². The van der Waals surface area contributed by atoms with Crippen molar-refractivity contribution in [3.8, 4) is 0 Å². The highest BCUT2D eigenvalue weighted by Gasteiger charge is 2.40. The second kappa shape index (κ2) is 21.8. The number of benzene rings is 3. The first-order valence-corrected chi connectivity index (χ1v) is 20.1. The lowest BCUT2D eigenvalue weighted by Crippen LogP contribution is -2.62. The van der Waals surface area contributed by atoms with Crippen molar-refractivity contribution in [3.05, 3.63) is 108 Å². The van der Waals surface area contributed by atoms with E-state index in [2.05, 4.69) is 36.9 Å². The van der Waals surface area contributed by atoms with Crippen LogP contribution in [0.25, 0.3) is 0 Å². The standard InChI is InChI=1S/C43H54N10O7/c1-27(54)48-32(23-28-13-5-2-6-14-28)38(56)52-35-26-47-37(55)31(19-11-21-46-43(44)45)49-39(57)33(24-29-15-7-3-8-16-29)50-40(58)34(25-30-17-9-4-10-18-30)51-41(59)36-20-12-22-53(36)42(35)60/h2-10,13-18,31-36H,11-12,19-26H2,1H3,(H,47,55)(H,48,54)(H,49,57)(H,50,58)(H,51,59)(H,52,56)(H4,44,45,46)/t31-,32-,33-,34+,35+,36?/m0/s1. The van der Waals surface area contributed by atoms with E-state index < -0.39 is 84.1 Å². The smallest absolute Gasteiger partial charge is 0.247 e. The van der Waals surface area contributed by atoms with Crippen LogP contribution >= 0.6 is 0 Å². The first-order chi connectivity index (χ1) is 28.9. The van der Waals surface area contributed by atoms with Crippen LogP contribution < -0.4 is 43.4 Å². The SMILES string of the molecule is CC(=O)N[C@@H](Cc1ccccc1)C(=O)N[C@@H]1CNC(=O)[C@H](CCCN=C(N)N)NC(=O)[C@H](Cc2ccccc2)NC(=O)[C@@H](Cc2ccccc2)NC(=O)C2CCCN2C1=O. The van der Waals surface area contributed by atoms with Gasteiger partial charge in [-0.2, -0.15) is 0 Å². The third kappa shape index (κ3) is 13.1. The van der Waals surface area contributed by atoms with Gasteiger partial charge in [0, 0.05) is 45.8 Å². The van der Waals surface area contributed by atoms with E-state index in [-0.39, 0.29) is 57.6 Å². The minimum Gasteiger partial charge on any atom is -0.370 e. The molecule has 2 fully saturated rings. The number of hydrogen-bond acceptors (Lipinski definition) is 8. The lowest BCUT2D eigenvalue weighted by molar-refractivity contribution is -0.143. The molecule has 3 aromatic carbocycles. The number of carbonyl (C=O) groups is 7. The molecule has 60 heavy (non-hydrogen) atoms. The van der Waals surface area contributed by atoms with E-state index in [1.165, 1.54) is 11.8 Å². The molecular weight excluding hydrogens is 769 g/mol. The molecule has 7 amide bonds. The number of carbonyl (C=O) groups excluding carboxylic acids is 7. The predicted molar refractivity (Wildman–Crippen MR) is 223 cm³/mol. The highest BCUT2D eigenvalue weighted by atomic mass is 16.2. The minimum atomic E-state index is -1.40. The molecular formula is C43H54N10O7. The molecule has 0 radical (unpaired) electrons. The van der Waals surface area contributed by atoms with Gasteiger partial charge in [-0.3, -0.25) is 38.6 Å². The molecule has 2 heterocycles. The van der Waals surface area contributed by atoms with Crippen molar-refractivity contribution in [2.75, 3.05) is 19.6 Å². The molecule has 2 saturated heterocycles. The van der Waals surface area contributed by atoms with E-state index in [9.17, 15) is 33.6 Å². The summed E-state index contributed by atoms with van der Waals surface area (Å²) in [5.41, 5.74) is 13.2. The van der Waals surface area contributed by atoms with Crippen molar-refractivity contribution in [1.82, 2.24) is 36.8 Å². The van der Waals surface area contributed by atoms with Crippen LogP contribution in [0.4, 0.5) is 0 Å². The number of guanidine groups is 1. The van der Waals surface area contributed by atoms with Crippen molar-refractivity contribution in [2.45, 2.75) is 88.1 Å². The van der Waals surface area contributed by atoms with Gasteiger partial charge < -0.3 is 48.3 Å². The molecule has 17 nitrogen and oxygen atoms in total. The summed E-state index contributed by atoms with van der Waals surface area (Å²) in [7, 11) is 0. The third-order valence-electron chi connectivity index (χ3n) is 10.3. The molecule has 3 aromatic rings. The van der Waals surface area contributed by atoms with Crippen LogP contribution in [0.5, 0.6) is 0 Å². The Morgan fingerprint density at radius 3 is 1.83 bits per heavy atom. The Balaban J connectivity index is 1.51. The summed E-state index contributed by atoms with van der Waals surface area (Å²) in [5, 5.41) is 16.6. The van der Waals surface area contributed by atoms with Gasteiger partial charge in [0.2, 0.25) is 41.4 Å². The zero-order valence-corrected chi connectivity index (χ0v) is 33.6. The van der Waals surface area contributed by atoms with Crippen LogP contribution in [0.15, 0.2) is 96.0 Å². The molecule has 2 aliphatic heterocycles. The molecule has 318 valence electrons. The maximum absolute atomic E-state index is 14.5. The van der Waals surface area contributed by atoms with Gasteiger partial charge in [-0.25, -0.2) is 0 Å². The molecule has 2 aliphatic rings. The molecule has 0 aromatic heterocycles. The van der Waals surface area contributed by atoms with Crippen LogP contribution in [0, 0.1) is 0 Å². The zero-order valence-electron chi connectivity index (χ0n) is 33.6. The quantitative estimate of drug-likeness (QED) is 0.0617. The molecule has 0 spiro atoms. The highest BCUT2D eigenvalue weighted by molar-refractivity contribution is 5.98. The van der Waals surface area contributed by atoms with E-state index in [4.69, 9.17) is 11.5 Å². The summed E-state index contributed by atoms with van der Waals surface area (Å²) < 4.78 is 0. The fraction of sp³-hybridized carbons (Fsp3) is 0.395. The molecule has 0 bridgehead atoms. The van der Waals surface area contributed by atoms with E-state index in [1.807, 2.05) is 30.3 Å². The van der Waals surface area contributed by atoms with Gasteiger partial charge in [0.15, 0.2) is 5.96 Å². The van der Waals surface area contributed by atoms with E-state index >= 15 is 0 Å². The second-order valence-electron chi connectivity index (χ2n) is 15.0. The Morgan fingerprint density at radius 1 is 0.750 bits per heavy atom. The highest BCUT2D eigenvalue weighted by Crippen LogP contribution is 2.20. The van der Waals surface area contributed by atoms with Gasteiger partial charge in [-0.15, -0.1) is 0 Å². The second-order valence-corrected chi connectivity index (χ2v) is 15.0. The fourth-order valence-corrected chi connectivity index (χ4v) is 7.31. The number of rotatable bonds is 13. The van der Waals surface area contributed by atoms with Crippen molar-refractivity contribution >= 4 is 47.3 Å². The van der Waals surface area contributed by atoms with Gasteiger partial charge in [0.05, 0.1) is 0 Å². The fourth-order valence-electron chi connectivity index (χ4n) is 7.31. The topological polar surface area (TPSA) is 259 Å². The summed E-state index contributed by atoms with van der Waals surface area (Å²) in [5.74, 6) is -4.57. The van der Waals surface area contributed by atoms with Gasteiger partial charge in [0.1, 0.15) is 36.3 Å². The van der Waals surface area contributed by atoms with E-state index in [1.54, 1.807) is 60.7 Å². The Kier molecular flexibility index (Phi) is 16.1. The molecule has 10 N–H and O–H groups in total. The summed E-state index contributed by atoms with van der Waals surface area (Å²) in [6.07, 6.45) is 1.28. The summed E-state index contributed by atoms with van der Waals surface area (Å²) >= 11 is 0. The van der Waals surface area contributed by atoms with Crippen LogP contribution in [0.1, 0.15) is 49.3 Å². The maximum atomic E-state index is 14.5. The van der Waals surface area contributed by atoms with Crippen LogP contribution in [-0.2, 0) is 52.8 Å². The summed E-state index contributed by atoms with van der Waals surface area (Å²) in [4.78, 5) is 103. The molecule has 0 aliphatic carbocycles. The number of hydrogen-bond donors (Lipinski definition) is 8. The Morgan fingerprint density at radius 2 is 1.28 bits per heavy atom. The molecule has 17 heteroatoms. The number of nitrogens with zero attached hydrogens (tertiary/aromatic N) is 2. The van der Waals surface area contributed by atoms with E-state index in [0.717, 1.165) is 16.7 Å². The Hall–Kier alpha value is -6.78. The Bertz CT molecular complexity index is 2000. The third-order valence-corrected chi connectivity index (χ3v) is 10.3. The van der Waals surface area contributed by atoms with Gasteiger partial charge in [-0.1, -0.05) is 91.0 Å². The number of fused-ring (bicyclic) bond motifs is 1. The molecule has 6 atom stereocenters. The average molecular weight is 823 g/mol. The van der Waals surface area contributed by atoms with Crippen molar-refractivity contribution in [1.29, 1.82) is 0 Å². The first kappa shape index (κ1) is 44.3. The minimum absolute atomic E-state index is 0.0597. The lowest BCUT2D eigenvalue weighted by Gasteiger charge is -2.32. The van der Waals surface area contributed by atoms with Gasteiger partial charge >= 0.3 is 0 Å². The number of amides is 7. The average Bonchev–Trinajstić information content (AvgIpc) is 3.73. The Labute approximate surface area is 348 Å². The monoisotopic (exact) mass is 822 g/mol. The molecule has 1 unspecified atom stereocenters. The first-order valence-electron chi connectivity index (χ1n) is 20.1. The number of aliphatic imine (C=N–C) groups is 1. The predicted octanol–water partition coefficient (Wildman–Crippen LogP) is -0.667. The van der Waals surface area contributed by atoms with E-state index in [0.29, 0.717) is 6.42 Å². The zero-order chi connectivity index (χ0) is 43.0. The van der Waals surface area contributed by atoms with Crippen molar-refractivity contribution < 1.29 is 33.6 Å². The normalized spacial score (nSPS) is 21.9. The molecule has 5 rings (SSSR count). The van der Waals surface area contributed by atoms with Crippen LogP contribution in [-0.4, -0.2) is 108 Å². The summed E-state index contributed by atoms with van der Waals surface area (Å²) in [6.45, 7) is 1.16.